The first-order valence-electron chi connectivity index (χ1n) is 4.06. The molecule has 2 atom stereocenters. The lowest BCUT2D eigenvalue weighted by Gasteiger charge is -2.20. The molecule has 0 spiro atoms. The van der Waals surface area contributed by atoms with E-state index in [-0.39, 0.29) is 15.2 Å². The molecule has 1 heterocycles. The molecule has 0 aliphatic rings. The molecule has 0 amide bonds. The number of aromatic nitrogens is 1. The maximum Gasteiger partial charge on any atom is 0.148 e. The first-order valence-corrected chi connectivity index (χ1v) is 6.33. The van der Waals surface area contributed by atoms with E-state index in [2.05, 4.69) is 4.98 Å². The number of halogens is 3. The van der Waals surface area contributed by atoms with Crippen molar-refractivity contribution in [2.45, 2.75) is 18.6 Å². The molecule has 0 aromatic carbocycles. The van der Waals surface area contributed by atoms with Crippen molar-refractivity contribution >= 4 is 45.9 Å². The van der Waals surface area contributed by atoms with Gasteiger partial charge in [-0.1, -0.05) is 41.7 Å². The van der Waals surface area contributed by atoms with Gasteiger partial charge in [0.1, 0.15) is 5.15 Å². The van der Waals surface area contributed by atoms with Crippen molar-refractivity contribution in [2.75, 3.05) is 0 Å². The number of hydrogen-bond donors (Lipinski definition) is 0. The molecular formula is C8H7Cl3NO2S-. The standard InChI is InChI=1S/C8H8Cl3NO2S/c1-2-5(15(13)14)6-4(9)3-12-8(11)7(6)10/h3,5H,2H2,1H3,(H,13,14)/p-1. The number of hydrogen-bond acceptors (Lipinski definition) is 3. The molecule has 0 saturated heterocycles. The predicted molar refractivity (Wildman–Crippen MR) is 61.2 cm³/mol. The molecule has 1 rings (SSSR count). The van der Waals surface area contributed by atoms with Crippen LogP contribution in [0.25, 0.3) is 0 Å². The lowest BCUT2D eigenvalue weighted by Crippen LogP contribution is -2.07. The summed E-state index contributed by atoms with van der Waals surface area (Å²) in [7, 11) is 0. The third-order valence-corrected chi connectivity index (χ3v) is 3.99. The van der Waals surface area contributed by atoms with E-state index < -0.39 is 16.3 Å². The molecule has 0 radical (unpaired) electrons. The monoisotopic (exact) mass is 286 g/mol. The van der Waals surface area contributed by atoms with Gasteiger partial charge in [-0.2, -0.15) is 0 Å². The van der Waals surface area contributed by atoms with E-state index >= 15 is 0 Å². The fraction of sp³-hybridized carbons (Fsp3) is 0.375. The Kier molecular flexibility index (Phi) is 4.80. The van der Waals surface area contributed by atoms with Crippen LogP contribution in [0.2, 0.25) is 15.2 Å². The van der Waals surface area contributed by atoms with Crippen LogP contribution in [0.15, 0.2) is 6.20 Å². The molecule has 0 N–H and O–H groups in total. The molecule has 0 aliphatic heterocycles. The smallest absolute Gasteiger partial charge is 0.148 e. The maximum atomic E-state index is 11.0. The van der Waals surface area contributed by atoms with Crippen LogP contribution in [-0.4, -0.2) is 13.7 Å². The Balaban J connectivity index is 3.34. The van der Waals surface area contributed by atoms with Crippen LogP contribution < -0.4 is 0 Å². The summed E-state index contributed by atoms with van der Waals surface area (Å²) < 4.78 is 21.9. The molecule has 0 aliphatic carbocycles. The van der Waals surface area contributed by atoms with Crippen LogP contribution >= 0.6 is 34.8 Å². The minimum absolute atomic E-state index is 0.0555. The Morgan fingerprint density at radius 3 is 2.60 bits per heavy atom. The second-order valence-electron chi connectivity index (χ2n) is 2.78. The van der Waals surface area contributed by atoms with Crippen molar-refractivity contribution in [3.8, 4) is 0 Å². The average molecular weight is 288 g/mol. The zero-order valence-electron chi connectivity index (χ0n) is 7.67. The van der Waals surface area contributed by atoms with Crippen LogP contribution in [0.5, 0.6) is 0 Å². The Hall–Kier alpha value is 0.130. The van der Waals surface area contributed by atoms with Gasteiger partial charge in [0.25, 0.3) is 0 Å². The summed E-state index contributed by atoms with van der Waals surface area (Å²) in [5.41, 5.74) is 0.314. The van der Waals surface area contributed by atoms with E-state index in [1.807, 2.05) is 0 Å². The zero-order valence-corrected chi connectivity index (χ0v) is 10.8. The van der Waals surface area contributed by atoms with Crippen molar-refractivity contribution in [1.29, 1.82) is 0 Å². The largest absolute Gasteiger partial charge is 0.772 e. The lowest BCUT2D eigenvalue weighted by molar-refractivity contribution is 0.521. The molecule has 0 fully saturated rings. The highest BCUT2D eigenvalue weighted by Crippen LogP contribution is 2.37. The van der Waals surface area contributed by atoms with Gasteiger partial charge in [-0.15, -0.1) is 0 Å². The number of rotatable bonds is 3. The third-order valence-electron chi connectivity index (χ3n) is 1.89. The van der Waals surface area contributed by atoms with Gasteiger partial charge in [0.2, 0.25) is 0 Å². The van der Waals surface area contributed by atoms with E-state index in [4.69, 9.17) is 34.8 Å². The maximum absolute atomic E-state index is 11.0. The number of pyridine rings is 1. The first kappa shape index (κ1) is 13.2. The fourth-order valence-corrected chi connectivity index (χ4v) is 2.78. The van der Waals surface area contributed by atoms with Crippen LogP contribution in [0.1, 0.15) is 24.2 Å². The van der Waals surface area contributed by atoms with Crippen molar-refractivity contribution < 1.29 is 8.76 Å². The van der Waals surface area contributed by atoms with E-state index in [0.29, 0.717) is 12.0 Å². The molecule has 0 bridgehead atoms. The van der Waals surface area contributed by atoms with Crippen LogP contribution in [0.3, 0.4) is 0 Å². The highest BCUT2D eigenvalue weighted by atomic mass is 35.5. The Bertz CT molecular complexity index is 400. The molecule has 84 valence electrons. The number of nitrogens with zero attached hydrogens (tertiary/aromatic N) is 1. The van der Waals surface area contributed by atoms with Crippen LogP contribution in [0.4, 0.5) is 0 Å². The summed E-state index contributed by atoms with van der Waals surface area (Å²) in [6.45, 7) is 1.72. The minimum atomic E-state index is -2.29. The first-order chi connectivity index (χ1) is 6.99. The molecule has 7 heteroatoms. The van der Waals surface area contributed by atoms with Crippen molar-refractivity contribution in [1.82, 2.24) is 4.98 Å². The van der Waals surface area contributed by atoms with Crippen LogP contribution in [0, 0.1) is 0 Å². The second kappa shape index (κ2) is 5.46. The van der Waals surface area contributed by atoms with E-state index in [0.717, 1.165) is 0 Å². The SMILES string of the molecule is CCC(c1c(Cl)cnc(Cl)c1Cl)S(=O)[O-]. The van der Waals surface area contributed by atoms with E-state index in [9.17, 15) is 8.76 Å². The molecule has 2 unspecified atom stereocenters. The quantitative estimate of drug-likeness (QED) is 0.632. The van der Waals surface area contributed by atoms with Gasteiger partial charge in [-0.25, -0.2) is 4.98 Å². The average Bonchev–Trinajstić information content (AvgIpc) is 2.18. The molecule has 1 aromatic rings. The summed E-state index contributed by atoms with van der Waals surface area (Å²) in [6.07, 6.45) is 1.66. The minimum Gasteiger partial charge on any atom is -0.772 e. The van der Waals surface area contributed by atoms with Gasteiger partial charge in [0.05, 0.1) is 10.0 Å². The summed E-state index contributed by atoms with van der Waals surface area (Å²) in [5, 5.41) is -0.397. The third kappa shape index (κ3) is 2.82. The van der Waals surface area contributed by atoms with E-state index in [1.54, 1.807) is 6.92 Å². The summed E-state index contributed by atoms with van der Waals surface area (Å²) in [5.74, 6) is 0. The Labute approximate surface area is 105 Å². The molecular weight excluding hydrogens is 281 g/mol. The molecule has 1 aromatic heterocycles. The van der Waals surface area contributed by atoms with Crippen LogP contribution in [-0.2, 0) is 11.1 Å². The van der Waals surface area contributed by atoms with Gasteiger partial charge in [-0.05, 0) is 17.5 Å². The van der Waals surface area contributed by atoms with Crippen molar-refractivity contribution in [2.24, 2.45) is 0 Å². The molecule has 15 heavy (non-hydrogen) atoms. The van der Waals surface area contributed by atoms with Crippen molar-refractivity contribution in [3.63, 3.8) is 0 Å². The zero-order chi connectivity index (χ0) is 11.6. The summed E-state index contributed by atoms with van der Waals surface area (Å²) in [6, 6.07) is 0. The highest BCUT2D eigenvalue weighted by molar-refractivity contribution is 7.79. The van der Waals surface area contributed by atoms with Gasteiger partial charge in [-0.3, -0.25) is 4.21 Å². The topological polar surface area (TPSA) is 53.0 Å². The summed E-state index contributed by atoms with van der Waals surface area (Å²) >= 11 is 15.1. The fourth-order valence-electron chi connectivity index (χ4n) is 1.19. The van der Waals surface area contributed by atoms with Gasteiger partial charge in [0, 0.05) is 17.0 Å². The normalized spacial score (nSPS) is 15.0. The highest BCUT2D eigenvalue weighted by Gasteiger charge is 2.20. The predicted octanol–water partition coefficient (Wildman–Crippen LogP) is 3.37. The van der Waals surface area contributed by atoms with Gasteiger partial charge in [0.15, 0.2) is 0 Å². The molecule has 3 nitrogen and oxygen atoms in total. The lowest BCUT2D eigenvalue weighted by atomic mass is 10.1. The Morgan fingerprint density at radius 1 is 1.53 bits per heavy atom. The molecule has 0 saturated carbocycles. The van der Waals surface area contributed by atoms with E-state index in [1.165, 1.54) is 6.20 Å². The van der Waals surface area contributed by atoms with Crippen molar-refractivity contribution in [3.05, 3.63) is 27.0 Å². The summed E-state index contributed by atoms with van der Waals surface area (Å²) in [4.78, 5) is 3.72. The van der Waals surface area contributed by atoms with Gasteiger partial charge >= 0.3 is 0 Å². The van der Waals surface area contributed by atoms with Gasteiger partial charge < -0.3 is 4.55 Å². The Morgan fingerprint density at radius 2 is 2.13 bits per heavy atom. The second-order valence-corrected chi connectivity index (χ2v) is 5.02.